The Labute approximate surface area is 140 Å². The predicted molar refractivity (Wildman–Crippen MR) is 88.1 cm³/mol. The van der Waals surface area contributed by atoms with Crippen LogP contribution >= 0.6 is 0 Å². The molecule has 2 rings (SSSR count). The van der Waals surface area contributed by atoms with Gasteiger partial charge in [-0.25, -0.2) is 4.79 Å². The van der Waals surface area contributed by atoms with Crippen molar-refractivity contribution in [2.45, 2.75) is 44.3 Å². The number of amides is 2. The molecule has 2 amide bonds. The molecule has 1 aromatic carbocycles. The van der Waals surface area contributed by atoms with E-state index in [1.54, 1.807) is 0 Å². The van der Waals surface area contributed by atoms with Crippen LogP contribution < -0.4 is 11.1 Å². The number of nitrogens with one attached hydrogen (secondary N) is 1. The van der Waals surface area contributed by atoms with Crippen LogP contribution in [0.5, 0.6) is 0 Å². The molecule has 1 aliphatic rings. The van der Waals surface area contributed by atoms with Gasteiger partial charge in [-0.2, -0.15) is 0 Å². The first kappa shape index (κ1) is 17.9. The maximum Gasteiger partial charge on any atom is 0.326 e. The molecule has 0 aromatic heterocycles. The molecule has 3 atom stereocenters. The van der Waals surface area contributed by atoms with Crippen molar-refractivity contribution in [3.63, 3.8) is 0 Å². The quantitative estimate of drug-likeness (QED) is 0.685. The molecule has 0 aliphatic carbocycles. The average molecular weight is 333 g/mol. The van der Waals surface area contributed by atoms with E-state index in [-0.39, 0.29) is 30.8 Å². The first-order valence-corrected chi connectivity index (χ1v) is 7.98. The lowest BCUT2D eigenvalue weighted by Gasteiger charge is -2.24. The van der Waals surface area contributed by atoms with E-state index in [1.165, 1.54) is 11.8 Å². The topological polar surface area (TPSA) is 113 Å². The second kappa shape index (κ2) is 7.92. The molecular formula is C17H23N3O4. The predicted octanol–water partition coefficient (Wildman–Crippen LogP) is 0.137. The van der Waals surface area contributed by atoms with Gasteiger partial charge in [0.25, 0.3) is 0 Å². The smallest absolute Gasteiger partial charge is 0.326 e. The third kappa shape index (κ3) is 4.55. The standard InChI is InChI=1S/C17H23N3O4/c1-11(21)19-13-9-15(17(23)24)20(10-13)16(22)14(18)8-7-12-5-3-2-4-6-12/h2-6,13-15H,7-10,18H2,1H3,(H,19,21)(H,23,24)/t13-,14?,15-/m0/s1. The van der Waals surface area contributed by atoms with Crippen LogP contribution in [0.1, 0.15) is 25.3 Å². The summed E-state index contributed by atoms with van der Waals surface area (Å²) in [5.41, 5.74) is 7.06. The Hall–Kier alpha value is -2.41. The first-order chi connectivity index (χ1) is 11.4. The lowest BCUT2D eigenvalue weighted by atomic mass is 10.0. The van der Waals surface area contributed by atoms with E-state index in [2.05, 4.69) is 5.32 Å². The highest BCUT2D eigenvalue weighted by Crippen LogP contribution is 2.20. The van der Waals surface area contributed by atoms with Gasteiger partial charge in [0, 0.05) is 25.9 Å². The van der Waals surface area contributed by atoms with Gasteiger partial charge in [0.05, 0.1) is 6.04 Å². The number of carboxylic acids is 1. The van der Waals surface area contributed by atoms with Crippen LogP contribution in [-0.2, 0) is 20.8 Å². The fraction of sp³-hybridized carbons (Fsp3) is 0.471. The molecule has 0 bridgehead atoms. The number of likely N-dealkylation sites (tertiary alicyclic amines) is 1. The van der Waals surface area contributed by atoms with Gasteiger partial charge < -0.3 is 21.1 Å². The second-order valence-corrected chi connectivity index (χ2v) is 6.11. The number of rotatable bonds is 6. The van der Waals surface area contributed by atoms with E-state index in [4.69, 9.17) is 5.73 Å². The summed E-state index contributed by atoms with van der Waals surface area (Å²) in [6.07, 6.45) is 1.29. The summed E-state index contributed by atoms with van der Waals surface area (Å²) in [6.45, 7) is 1.54. The van der Waals surface area contributed by atoms with Crippen molar-refractivity contribution >= 4 is 17.8 Å². The molecule has 1 aliphatic heterocycles. The number of carboxylic acid groups (broad SMARTS) is 1. The summed E-state index contributed by atoms with van der Waals surface area (Å²) in [5.74, 6) is -1.70. The number of carbonyl (C=O) groups excluding carboxylic acids is 2. The number of nitrogens with two attached hydrogens (primary N) is 1. The highest BCUT2D eigenvalue weighted by molar-refractivity contribution is 5.88. The van der Waals surface area contributed by atoms with Crippen molar-refractivity contribution in [2.75, 3.05) is 6.54 Å². The zero-order valence-electron chi connectivity index (χ0n) is 13.6. The van der Waals surface area contributed by atoms with Crippen LogP contribution in [0.25, 0.3) is 0 Å². The molecule has 1 saturated heterocycles. The van der Waals surface area contributed by atoms with Gasteiger partial charge in [0.2, 0.25) is 11.8 Å². The molecule has 1 unspecified atom stereocenters. The minimum atomic E-state index is -1.08. The lowest BCUT2D eigenvalue weighted by Crippen LogP contribution is -2.49. The number of nitrogens with zero attached hydrogens (tertiary/aromatic N) is 1. The SMILES string of the molecule is CC(=O)N[C@H]1C[C@@H](C(=O)O)N(C(=O)C(N)CCc2ccccc2)C1. The zero-order chi connectivity index (χ0) is 17.7. The van der Waals surface area contributed by atoms with Gasteiger partial charge in [0.1, 0.15) is 6.04 Å². The van der Waals surface area contributed by atoms with E-state index in [0.717, 1.165) is 5.56 Å². The van der Waals surface area contributed by atoms with E-state index in [1.807, 2.05) is 30.3 Å². The molecule has 0 saturated carbocycles. The summed E-state index contributed by atoms with van der Waals surface area (Å²) >= 11 is 0. The minimum absolute atomic E-state index is 0.175. The molecule has 130 valence electrons. The first-order valence-electron chi connectivity index (χ1n) is 7.98. The molecule has 7 heteroatoms. The molecule has 4 N–H and O–H groups in total. The van der Waals surface area contributed by atoms with Crippen molar-refractivity contribution < 1.29 is 19.5 Å². The summed E-state index contributed by atoms with van der Waals surface area (Å²) in [7, 11) is 0. The Morgan fingerprint density at radius 1 is 1.33 bits per heavy atom. The summed E-state index contributed by atoms with van der Waals surface area (Å²) < 4.78 is 0. The Bertz CT molecular complexity index is 605. The fourth-order valence-corrected chi connectivity index (χ4v) is 3.01. The maximum absolute atomic E-state index is 12.5. The Morgan fingerprint density at radius 3 is 2.58 bits per heavy atom. The third-order valence-corrected chi connectivity index (χ3v) is 4.18. The molecule has 1 aromatic rings. The van der Waals surface area contributed by atoms with Crippen LogP contribution in [0.4, 0.5) is 0 Å². The van der Waals surface area contributed by atoms with Crippen molar-refractivity contribution in [1.29, 1.82) is 0 Å². The van der Waals surface area contributed by atoms with Crippen LogP contribution in [0, 0.1) is 0 Å². The van der Waals surface area contributed by atoms with E-state index in [0.29, 0.717) is 12.8 Å². The summed E-state index contributed by atoms with van der Waals surface area (Å²) in [5, 5.41) is 12.0. The van der Waals surface area contributed by atoms with Gasteiger partial charge in [-0.15, -0.1) is 0 Å². The molecule has 7 nitrogen and oxygen atoms in total. The lowest BCUT2D eigenvalue weighted by molar-refractivity contribution is -0.148. The molecule has 1 heterocycles. The van der Waals surface area contributed by atoms with Gasteiger partial charge >= 0.3 is 5.97 Å². The summed E-state index contributed by atoms with van der Waals surface area (Å²) in [6, 6.07) is 7.61. The number of hydrogen-bond acceptors (Lipinski definition) is 4. The Morgan fingerprint density at radius 2 is 2.00 bits per heavy atom. The third-order valence-electron chi connectivity index (χ3n) is 4.18. The maximum atomic E-state index is 12.5. The largest absolute Gasteiger partial charge is 0.480 e. The van der Waals surface area contributed by atoms with Gasteiger partial charge in [-0.3, -0.25) is 9.59 Å². The molecule has 24 heavy (non-hydrogen) atoms. The zero-order valence-corrected chi connectivity index (χ0v) is 13.6. The highest BCUT2D eigenvalue weighted by Gasteiger charge is 2.41. The monoisotopic (exact) mass is 333 g/mol. The van der Waals surface area contributed by atoms with Gasteiger partial charge in [-0.05, 0) is 18.4 Å². The second-order valence-electron chi connectivity index (χ2n) is 6.11. The summed E-state index contributed by atoms with van der Waals surface area (Å²) in [4.78, 5) is 36.4. The normalized spacial score (nSPS) is 21.3. The average Bonchev–Trinajstić information content (AvgIpc) is 2.96. The Kier molecular flexibility index (Phi) is 5.92. The van der Waals surface area contributed by atoms with Crippen molar-refractivity contribution in [1.82, 2.24) is 10.2 Å². The number of carbonyl (C=O) groups is 3. The van der Waals surface area contributed by atoms with Crippen LogP contribution in [0.3, 0.4) is 0 Å². The number of hydrogen-bond donors (Lipinski definition) is 3. The number of benzene rings is 1. The van der Waals surface area contributed by atoms with Crippen LogP contribution in [-0.4, -0.2) is 52.5 Å². The van der Waals surface area contributed by atoms with Crippen LogP contribution in [0.15, 0.2) is 30.3 Å². The molecule has 0 spiro atoms. The van der Waals surface area contributed by atoms with E-state index in [9.17, 15) is 19.5 Å². The molecule has 1 fully saturated rings. The number of aliphatic carboxylic acids is 1. The van der Waals surface area contributed by atoms with Crippen molar-refractivity contribution in [3.05, 3.63) is 35.9 Å². The highest BCUT2D eigenvalue weighted by atomic mass is 16.4. The van der Waals surface area contributed by atoms with E-state index >= 15 is 0 Å². The molecule has 0 radical (unpaired) electrons. The van der Waals surface area contributed by atoms with Crippen LogP contribution in [0.2, 0.25) is 0 Å². The van der Waals surface area contributed by atoms with Crippen molar-refractivity contribution in [3.8, 4) is 0 Å². The molecular weight excluding hydrogens is 310 g/mol. The fourth-order valence-electron chi connectivity index (χ4n) is 3.01. The van der Waals surface area contributed by atoms with Gasteiger partial charge in [0.15, 0.2) is 0 Å². The number of aryl methyl sites for hydroxylation is 1. The Balaban J connectivity index is 1.97. The minimum Gasteiger partial charge on any atom is -0.480 e. The van der Waals surface area contributed by atoms with E-state index < -0.39 is 18.1 Å². The van der Waals surface area contributed by atoms with Crippen molar-refractivity contribution in [2.24, 2.45) is 5.73 Å². The van der Waals surface area contributed by atoms with Gasteiger partial charge in [-0.1, -0.05) is 30.3 Å².